The molecule has 0 spiro atoms. The Kier molecular flexibility index (Phi) is 4.47. The van der Waals surface area contributed by atoms with E-state index in [1.807, 2.05) is 12.1 Å². The first-order chi connectivity index (χ1) is 12.5. The van der Waals surface area contributed by atoms with Crippen LogP contribution in [-0.4, -0.2) is 59.0 Å². The van der Waals surface area contributed by atoms with Crippen molar-refractivity contribution in [3.8, 4) is 0 Å². The molecular formula is C18H22N4O4. The van der Waals surface area contributed by atoms with Crippen molar-refractivity contribution in [2.45, 2.75) is 44.1 Å². The molecular weight excluding hydrogens is 336 g/mol. The third kappa shape index (κ3) is 3.11. The predicted molar refractivity (Wildman–Crippen MR) is 92.0 cm³/mol. The van der Waals surface area contributed by atoms with E-state index >= 15 is 0 Å². The first-order valence-electron chi connectivity index (χ1n) is 8.91. The van der Waals surface area contributed by atoms with Gasteiger partial charge in [0.2, 0.25) is 11.8 Å². The summed E-state index contributed by atoms with van der Waals surface area (Å²) in [5.41, 5.74) is 2.53. The molecule has 0 saturated carbocycles. The van der Waals surface area contributed by atoms with Gasteiger partial charge < -0.3 is 20.6 Å². The zero-order valence-corrected chi connectivity index (χ0v) is 14.3. The van der Waals surface area contributed by atoms with Crippen LogP contribution in [0, 0.1) is 0 Å². The number of hydrogen-bond acceptors (Lipinski definition) is 6. The van der Waals surface area contributed by atoms with Crippen molar-refractivity contribution in [2.75, 3.05) is 13.1 Å². The minimum Gasteiger partial charge on any atom is -0.390 e. The molecule has 0 aromatic heterocycles. The maximum Gasteiger partial charge on any atom is 0.255 e. The maximum atomic E-state index is 12.6. The second-order valence-corrected chi connectivity index (χ2v) is 7.10. The van der Waals surface area contributed by atoms with E-state index in [2.05, 4.69) is 16.0 Å². The molecule has 1 unspecified atom stereocenters. The fourth-order valence-corrected chi connectivity index (χ4v) is 3.86. The molecule has 3 heterocycles. The van der Waals surface area contributed by atoms with Crippen LogP contribution in [-0.2, 0) is 22.7 Å². The number of β-amino-alcohol motifs (C(OH)–C–C–N with tert-alkyl or cyclic N) is 1. The van der Waals surface area contributed by atoms with Gasteiger partial charge in [0.15, 0.2) is 0 Å². The summed E-state index contributed by atoms with van der Waals surface area (Å²) in [4.78, 5) is 37.6. The van der Waals surface area contributed by atoms with Crippen molar-refractivity contribution in [1.29, 1.82) is 0 Å². The molecule has 0 bridgehead atoms. The average Bonchev–Trinajstić information content (AvgIpc) is 3.16. The summed E-state index contributed by atoms with van der Waals surface area (Å²) in [6, 6.07) is 5.09. The second kappa shape index (κ2) is 6.79. The number of carbonyl (C=O) groups is 3. The van der Waals surface area contributed by atoms with E-state index in [9.17, 15) is 19.5 Å². The highest BCUT2D eigenvalue weighted by Crippen LogP contribution is 2.28. The van der Waals surface area contributed by atoms with Crippen molar-refractivity contribution in [3.05, 3.63) is 34.9 Å². The minimum absolute atomic E-state index is 0.0184. The number of fused-ring (bicyclic) bond motifs is 1. The SMILES string of the molecule is O=C1CCC(N2Cc3cc(CN[C@H]4CNC[C@@H]4O)ccc3C2=O)C(=O)N1. The molecule has 3 amide bonds. The fourth-order valence-electron chi connectivity index (χ4n) is 3.86. The van der Waals surface area contributed by atoms with E-state index in [-0.39, 0.29) is 24.3 Å². The number of aliphatic hydroxyl groups excluding tert-OH is 1. The number of rotatable bonds is 4. The molecule has 4 N–H and O–H groups in total. The molecule has 3 aliphatic heterocycles. The lowest BCUT2D eigenvalue weighted by atomic mass is 10.0. The molecule has 1 aromatic carbocycles. The fraction of sp³-hybridized carbons (Fsp3) is 0.500. The van der Waals surface area contributed by atoms with Gasteiger partial charge in [0.25, 0.3) is 5.91 Å². The molecule has 2 fully saturated rings. The largest absolute Gasteiger partial charge is 0.390 e. The Morgan fingerprint density at radius 1 is 1.23 bits per heavy atom. The molecule has 0 radical (unpaired) electrons. The van der Waals surface area contributed by atoms with E-state index in [1.54, 1.807) is 11.0 Å². The Morgan fingerprint density at radius 2 is 2.08 bits per heavy atom. The van der Waals surface area contributed by atoms with Gasteiger partial charge in [-0.05, 0) is 23.6 Å². The van der Waals surface area contributed by atoms with Crippen molar-refractivity contribution in [2.24, 2.45) is 0 Å². The van der Waals surface area contributed by atoms with E-state index in [1.165, 1.54) is 0 Å². The zero-order chi connectivity index (χ0) is 18.3. The number of piperidine rings is 1. The van der Waals surface area contributed by atoms with Crippen LogP contribution >= 0.6 is 0 Å². The van der Waals surface area contributed by atoms with Crippen molar-refractivity contribution in [3.63, 3.8) is 0 Å². The Morgan fingerprint density at radius 3 is 2.81 bits per heavy atom. The summed E-state index contributed by atoms with van der Waals surface area (Å²) in [7, 11) is 0. The average molecular weight is 358 g/mol. The van der Waals surface area contributed by atoms with Crippen LogP contribution in [0.4, 0.5) is 0 Å². The van der Waals surface area contributed by atoms with Crippen LogP contribution in [0.2, 0.25) is 0 Å². The van der Waals surface area contributed by atoms with Crippen molar-refractivity contribution < 1.29 is 19.5 Å². The Balaban J connectivity index is 1.44. The Labute approximate surface area is 150 Å². The molecule has 3 aliphatic rings. The third-order valence-corrected chi connectivity index (χ3v) is 5.34. The van der Waals surface area contributed by atoms with Crippen molar-refractivity contribution in [1.82, 2.24) is 20.9 Å². The van der Waals surface area contributed by atoms with Gasteiger partial charge in [0.1, 0.15) is 6.04 Å². The van der Waals surface area contributed by atoms with Crippen LogP contribution in [0.15, 0.2) is 18.2 Å². The summed E-state index contributed by atoms with van der Waals surface area (Å²) in [6.45, 7) is 2.30. The maximum absolute atomic E-state index is 12.6. The topological polar surface area (TPSA) is 111 Å². The van der Waals surface area contributed by atoms with Gasteiger partial charge in [-0.2, -0.15) is 0 Å². The first-order valence-corrected chi connectivity index (χ1v) is 8.91. The first kappa shape index (κ1) is 17.1. The number of nitrogens with zero attached hydrogens (tertiary/aromatic N) is 1. The molecule has 0 aliphatic carbocycles. The number of amides is 3. The minimum atomic E-state index is -0.589. The normalized spacial score (nSPS) is 28.4. The predicted octanol–water partition coefficient (Wildman–Crippen LogP) is -1.13. The van der Waals surface area contributed by atoms with E-state index in [0.717, 1.165) is 17.7 Å². The third-order valence-electron chi connectivity index (χ3n) is 5.34. The number of nitrogens with one attached hydrogen (secondary N) is 3. The lowest BCUT2D eigenvalue weighted by Gasteiger charge is -2.29. The van der Waals surface area contributed by atoms with E-state index in [0.29, 0.717) is 31.6 Å². The van der Waals surface area contributed by atoms with Crippen LogP contribution in [0.3, 0.4) is 0 Å². The summed E-state index contributed by atoms with van der Waals surface area (Å²) in [6.07, 6.45) is 0.225. The van der Waals surface area contributed by atoms with Gasteiger partial charge >= 0.3 is 0 Å². The lowest BCUT2D eigenvalue weighted by Crippen LogP contribution is -2.52. The lowest BCUT2D eigenvalue weighted by molar-refractivity contribution is -0.136. The molecule has 1 aromatic rings. The smallest absolute Gasteiger partial charge is 0.255 e. The van der Waals surface area contributed by atoms with Gasteiger partial charge in [-0.3, -0.25) is 19.7 Å². The molecule has 4 rings (SSSR count). The molecule has 8 heteroatoms. The van der Waals surface area contributed by atoms with Crippen LogP contribution in [0.1, 0.15) is 34.3 Å². The molecule has 26 heavy (non-hydrogen) atoms. The molecule has 138 valence electrons. The highest BCUT2D eigenvalue weighted by molar-refractivity contribution is 6.05. The highest BCUT2D eigenvalue weighted by atomic mass is 16.3. The van der Waals surface area contributed by atoms with Gasteiger partial charge in [0, 0.05) is 44.2 Å². The van der Waals surface area contributed by atoms with Gasteiger partial charge in [0.05, 0.1) is 6.10 Å². The number of aliphatic hydroxyl groups is 1. The molecule has 8 nitrogen and oxygen atoms in total. The zero-order valence-electron chi connectivity index (χ0n) is 14.3. The summed E-state index contributed by atoms with van der Waals surface area (Å²) < 4.78 is 0. The highest BCUT2D eigenvalue weighted by Gasteiger charge is 2.39. The van der Waals surface area contributed by atoms with Gasteiger partial charge in [-0.25, -0.2) is 0 Å². The Hall–Kier alpha value is -2.29. The molecule has 2 saturated heterocycles. The second-order valence-electron chi connectivity index (χ2n) is 7.10. The van der Waals surface area contributed by atoms with Crippen LogP contribution in [0.25, 0.3) is 0 Å². The standard InChI is InChI=1S/C18H22N4O4/c23-15-8-19-7-13(15)20-6-10-1-2-12-11(5-10)9-22(18(12)26)14-3-4-16(24)21-17(14)25/h1-2,5,13-15,19-20,23H,3-4,6-9H2,(H,21,24,25)/t13-,14?,15-/m0/s1. The monoisotopic (exact) mass is 358 g/mol. The van der Waals surface area contributed by atoms with Gasteiger partial charge in [-0.15, -0.1) is 0 Å². The van der Waals surface area contributed by atoms with E-state index < -0.39 is 18.1 Å². The quantitative estimate of drug-likeness (QED) is 0.507. The number of hydrogen-bond donors (Lipinski definition) is 4. The van der Waals surface area contributed by atoms with Crippen molar-refractivity contribution >= 4 is 17.7 Å². The van der Waals surface area contributed by atoms with Crippen LogP contribution < -0.4 is 16.0 Å². The Bertz CT molecular complexity index is 766. The summed E-state index contributed by atoms with van der Waals surface area (Å²) >= 11 is 0. The number of imide groups is 1. The summed E-state index contributed by atoms with van der Waals surface area (Å²) in [5, 5.41) is 18.6. The summed E-state index contributed by atoms with van der Waals surface area (Å²) in [5.74, 6) is -0.844. The van der Waals surface area contributed by atoms with E-state index in [4.69, 9.17) is 0 Å². The number of benzene rings is 1. The molecule has 3 atom stereocenters. The number of carbonyl (C=O) groups excluding carboxylic acids is 3. The van der Waals surface area contributed by atoms with Crippen LogP contribution in [0.5, 0.6) is 0 Å². The van der Waals surface area contributed by atoms with Gasteiger partial charge in [-0.1, -0.05) is 12.1 Å².